The summed E-state index contributed by atoms with van der Waals surface area (Å²) in [6, 6.07) is 0. The highest BCUT2D eigenvalue weighted by atomic mass is 35.5. The van der Waals surface area contributed by atoms with E-state index in [1.54, 1.807) is 0 Å². The van der Waals surface area contributed by atoms with Crippen LogP contribution in [0.2, 0.25) is 5.22 Å². The first-order valence-electron chi connectivity index (χ1n) is 4.79. The molecule has 0 saturated heterocycles. The molecule has 14 heavy (non-hydrogen) atoms. The molecule has 0 spiro atoms. The highest BCUT2D eigenvalue weighted by Gasteiger charge is 2.45. The summed E-state index contributed by atoms with van der Waals surface area (Å²) in [5.74, 6) is 0.661. The second-order valence-electron chi connectivity index (χ2n) is 5.05. The smallest absolute Gasteiger partial charge is 0.219 e. The van der Waals surface area contributed by atoms with Crippen LogP contribution in [0, 0.1) is 0 Å². The molecule has 0 amide bonds. The molecule has 0 aliphatic heterocycles. The van der Waals surface area contributed by atoms with Gasteiger partial charge in [-0.15, -0.1) is 0 Å². The topological polar surface area (TPSA) is 52.0 Å². The van der Waals surface area contributed by atoms with Crippen LogP contribution >= 0.6 is 11.6 Å². The van der Waals surface area contributed by atoms with Crippen LogP contribution in [0.5, 0.6) is 0 Å². The first-order valence-corrected chi connectivity index (χ1v) is 5.17. The van der Waals surface area contributed by atoms with Gasteiger partial charge in [-0.05, 0) is 24.4 Å². The maximum Gasteiger partial charge on any atom is 0.219 e. The minimum atomic E-state index is -0.315. The first kappa shape index (κ1) is 9.99. The summed E-state index contributed by atoms with van der Waals surface area (Å²) in [6.07, 6.45) is 1.89. The maximum absolute atomic E-state index is 6.02. The Kier molecular flexibility index (Phi) is 1.95. The molecule has 2 rings (SSSR count). The molecule has 2 N–H and O–H groups in total. The van der Waals surface area contributed by atoms with Crippen LogP contribution in [-0.4, -0.2) is 4.98 Å². The Bertz CT molecular complexity index is 361. The number of rotatable bonds is 1. The van der Waals surface area contributed by atoms with E-state index in [0.717, 1.165) is 18.5 Å². The lowest BCUT2D eigenvalue weighted by Crippen LogP contribution is -2.20. The van der Waals surface area contributed by atoms with Gasteiger partial charge in [-0.25, -0.2) is 4.98 Å². The van der Waals surface area contributed by atoms with Gasteiger partial charge < -0.3 is 10.2 Å². The minimum absolute atomic E-state index is 0.118. The van der Waals surface area contributed by atoms with Crippen molar-refractivity contribution < 1.29 is 4.42 Å². The van der Waals surface area contributed by atoms with E-state index in [1.165, 1.54) is 0 Å². The maximum atomic E-state index is 6.02. The summed E-state index contributed by atoms with van der Waals surface area (Å²) >= 11 is 5.97. The standard InChI is InChI=1S/C10H15ClN2O/c1-9(2,3)8-13-6(7(11)14-8)10(12)4-5-10/h4-5,12H2,1-3H3. The molecule has 1 saturated carbocycles. The lowest BCUT2D eigenvalue weighted by molar-refractivity contribution is 0.393. The summed E-state index contributed by atoms with van der Waals surface area (Å²) in [5.41, 5.74) is 6.31. The van der Waals surface area contributed by atoms with Gasteiger partial charge in [-0.1, -0.05) is 20.8 Å². The highest BCUT2D eigenvalue weighted by molar-refractivity contribution is 6.29. The molecule has 3 nitrogen and oxygen atoms in total. The Balaban J connectivity index is 2.40. The molecule has 1 aromatic heterocycles. The van der Waals surface area contributed by atoms with Crippen LogP contribution in [0.1, 0.15) is 45.2 Å². The zero-order chi connectivity index (χ0) is 10.6. The van der Waals surface area contributed by atoms with Gasteiger partial charge in [0.2, 0.25) is 11.1 Å². The minimum Gasteiger partial charge on any atom is -0.428 e. The number of hydrogen-bond donors (Lipinski definition) is 1. The van der Waals surface area contributed by atoms with Gasteiger partial charge >= 0.3 is 0 Å². The van der Waals surface area contributed by atoms with Crippen molar-refractivity contribution in [2.75, 3.05) is 0 Å². The fourth-order valence-electron chi connectivity index (χ4n) is 1.30. The van der Waals surface area contributed by atoms with E-state index >= 15 is 0 Å². The normalized spacial score (nSPS) is 19.8. The Morgan fingerprint density at radius 2 is 2.00 bits per heavy atom. The van der Waals surface area contributed by atoms with Gasteiger partial charge in [0, 0.05) is 5.41 Å². The predicted octanol–water partition coefficient (Wildman–Crippen LogP) is 2.57. The molecule has 0 atom stereocenters. The molecule has 0 bridgehead atoms. The molecule has 4 heteroatoms. The summed E-state index contributed by atoms with van der Waals surface area (Å²) < 4.78 is 5.42. The van der Waals surface area contributed by atoms with Crippen LogP contribution < -0.4 is 5.73 Å². The van der Waals surface area contributed by atoms with E-state index in [0.29, 0.717) is 11.1 Å². The van der Waals surface area contributed by atoms with Gasteiger partial charge in [0.1, 0.15) is 5.69 Å². The summed E-state index contributed by atoms with van der Waals surface area (Å²) in [4.78, 5) is 4.39. The largest absolute Gasteiger partial charge is 0.428 e. The van der Waals surface area contributed by atoms with Crippen molar-refractivity contribution in [1.29, 1.82) is 0 Å². The highest BCUT2D eigenvalue weighted by Crippen LogP contribution is 2.45. The zero-order valence-electron chi connectivity index (χ0n) is 8.72. The second kappa shape index (κ2) is 2.74. The lowest BCUT2D eigenvalue weighted by atomic mass is 9.97. The second-order valence-corrected chi connectivity index (χ2v) is 5.39. The van der Waals surface area contributed by atoms with Crippen molar-refractivity contribution in [2.45, 2.75) is 44.6 Å². The summed E-state index contributed by atoms with van der Waals surface area (Å²) in [6.45, 7) is 6.11. The van der Waals surface area contributed by atoms with Crippen LogP contribution in [-0.2, 0) is 11.0 Å². The Morgan fingerprint density at radius 1 is 1.43 bits per heavy atom. The van der Waals surface area contributed by atoms with Crippen molar-refractivity contribution in [3.05, 3.63) is 16.8 Å². The average molecular weight is 215 g/mol. The van der Waals surface area contributed by atoms with Crippen molar-refractivity contribution in [2.24, 2.45) is 5.73 Å². The third-order valence-electron chi connectivity index (χ3n) is 2.49. The molecule has 0 unspecified atom stereocenters. The van der Waals surface area contributed by atoms with Crippen LogP contribution in [0.4, 0.5) is 0 Å². The monoisotopic (exact) mass is 214 g/mol. The fourth-order valence-corrected chi connectivity index (χ4v) is 1.60. The van der Waals surface area contributed by atoms with Crippen molar-refractivity contribution in [1.82, 2.24) is 4.98 Å². The third kappa shape index (κ3) is 1.55. The fraction of sp³-hybridized carbons (Fsp3) is 0.700. The van der Waals surface area contributed by atoms with Gasteiger partial charge in [-0.2, -0.15) is 0 Å². The van der Waals surface area contributed by atoms with Crippen LogP contribution in [0.25, 0.3) is 0 Å². The summed E-state index contributed by atoms with van der Waals surface area (Å²) in [7, 11) is 0. The van der Waals surface area contributed by atoms with E-state index in [2.05, 4.69) is 4.98 Å². The lowest BCUT2D eigenvalue weighted by Gasteiger charge is -2.12. The molecular formula is C10H15ClN2O. The van der Waals surface area contributed by atoms with E-state index in [1.807, 2.05) is 20.8 Å². The molecular weight excluding hydrogens is 200 g/mol. The molecule has 1 aliphatic carbocycles. The molecule has 0 aromatic carbocycles. The van der Waals surface area contributed by atoms with Gasteiger partial charge in [0.15, 0.2) is 0 Å². The number of oxazole rings is 1. The molecule has 1 aliphatic rings. The van der Waals surface area contributed by atoms with Crippen LogP contribution in [0.15, 0.2) is 4.42 Å². The van der Waals surface area contributed by atoms with Gasteiger partial charge in [0.25, 0.3) is 0 Å². The van der Waals surface area contributed by atoms with Crippen molar-refractivity contribution in [3.63, 3.8) is 0 Å². The summed E-state index contributed by atoms with van der Waals surface area (Å²) in [5, 5.41) is 0.356. The number of hydrogen-bond acceptors (Lipinski definition) is 3. The van der Waals surface area contributed by atoms with E-state index in [9.17, 15) is 0 Å². The number of nitrogens with two attached hydrogens (primary N) is 1. The average Bonchev–Trinajstić information content (AvgIpc) is 2.60. The number of nitrogens with zero attached hydrogens (tertiary/aromatic N) is 1. The molecule has 0 radical (unpaired) electrons. The predicted molar refractivity (Wildman–Crippen MR) is 55.3 cm³/mol. The van der Waals surface area contributed by atoms with Crippen LogP contribution in [0.3, 0.4) is 0 Å². The Hall–Kier alpha value is -0.540. The van der Waals surface area contributed by atoms with Gasteiger partial charge in [0.05, 0.1) is 5.54 Å². The molecule has 1 heterocycles. The van der Waals surface area contributed by atoms with Crippen molar-refractivity contribution in [3.8, 4) is 0 Å². The number of halogens is 1. The van der Waals surface area contributed by atoms with Crippen molar-refractivity contribution >= 4 is 11.6 Å². The van der Waals surface area contributed by atoms with E-state index in [-0.39, 0.29) is 11.0 Å². The number of aromatic nitrogens is 1. The molecule has 78 valence electrons. The van der Waals surface area contributed by atoms with Gasteiger partial charge in [-0.3, -0.25) is 0 Å². The molecule has 1 aromatic rings. The third-order valence-corrected chi connectivity index (χ3v) is 2.74. The van der Waals surface area contributed by atoms with E-state index < -0.39 is 0 Å². The zero-order valence-corrected chi connectivity index (χ0v) is 9.48. The molecule has 1 fully saturated rings. The van der Waals surface area contributed by atoms with E-state index in [4.69, 9.17) is 21.8 Å². The Labute approximate surface area is 88.6 Å². The SMILES string of the molecule is CC(C)(C)c1nc(C2(N)CC2)c(Cl)o1. The Morgan fingerprint density at radius 3 is 2.36 bits per heavy atom. The quantitative estimate of drug-likeness (QED) is 0.782. The first-order chi connectivity index (χ1) is 6.33.